The van der Waals surface area contributed by atoms with Crippen molar-refractivity contribution in [1.82, 2.24) is 0 Å². The average molecular weight is 304 g/mol. The first-order valence-electron chi connectivity index (χ1n) is 7.06. The molecule has 110 valence electrons. The zero-order valence-corrected chi connectivity index (χ0v) is 12.9. The van der Waals surface area contributed by atoms with Crippen LogP contribution in [0.15, 0.2) is 36.4 Å². The summed E-state index contributed by atoms with van der Waals surface area (Å²) in [6, 6.07) is 12.2. The molecule has 1 heterocycles. The summed E-state index contributed by atoms with van der Waals surface area (Å²) in [5.41, 5.74) is 3.37. The first-order valence-corrected chi connectivity index (χ1v) is 7.44. The molecule has 0 fully saturated rings. The Morgan fingerprint density at radius 2 is 1.76 bits per heavy atom. The van der Waals surface area contributed by atoms with Gasteiger partial charge in [0.2, 0.25) is 0 Å². The minimum absolute atomic E-state index is 0.159. The second-order valence-electron chi connectivity index (χ2n) is 5.20. The maximum atomic E-state index is 6.33. The molecule has 21 heavy (non-hydrogen) atoms. The largest absolute Gasteiger partial charge is 0.486 e. The van der Waals surface area contributed by atoms with Gasteiger partial charge < -0.3 is 14.8 Å². The Kier molecular flexibility index (Phi) is 3.93. The number of aryl methyl sites for hydroxylation is 1. The van der Waals surface area contributed by atoms with Crippen LogP contribution in [0.4, 0.5) is 5.69 Å². The summed E-state index contributed by atoms with van der Waals surface area (Å²) >= 11 is 6.33. The quantitative estimate of drug-likeness (QED) is 0.899. The lowest BCUT2D eigenvalue weighted by Crippen LogP contribution is -2.16. The van der Waals surface area contributed by atoms with Crippen molar-refractivity contribution in [2.24, 2.45) is 0 Å². The zero-order valence-electron chi connectivity index (χ0n) is 12.2. The summed E-state index contributed by atoms with van der Waals surface area (Å²) in [6.45, 7) is 5.37. The molecular formula is C17H18ClNO2. The van der Waals surface area contributed by atoms with E-state index in [9.17, 15) is 0 Å². The third-order valence-corrected chi connectivity index (χ3v) is 3.97. The van der Waals surface area contributed by atoms with Crippen LogP contribution in [0.1, 0.15) is 24.1 Å². The Morgan fingerprint density at radius 3 is 2.48 bits per heavy atom. The molecule has 0 saturated heterocycles. The van der Waals surface area contributed by atoms with E-state index in [4.69, 9.17) is 21.1 Å². The maximum absolute atomic E-state index is 6.33. The molecule has 3 nitrogen and oxygen atoms in total. The molecule has 1 atom stereocenters. The van der Waals surface area contributed by atoms with Gasteiger partial charge in [-0.05, 0) is 25.0 Å². The lowest BCUT2D eigenvalue weighted by Gasteiger charge is -2.22. The number of benzene rings is 2. The van der Waals surface area contributed by atoms with Gasteiger partial charge in [-0.3, -0.25) is 0 Å². The molecule has 1 N–H and O–H groups in total. The molecule has 1 unspecified atom stereocenters. The monoisotopic (exact) mass is 303 g/mol. The topological polar surface area (TPSA) is 30.5 Å². The molecule has 4 heteroatoms. The van der Waals surface area contributed by atoms with Crippen molar-refractivity contribution < 1.29 is 9.47 Å². The standard InChI is InChI=1S/C17H18ClNO2/c1-11-5-3-4-6-13(11)12(2)19-15-10-17-16(9-14(15)18)20-7-8-21-17/h3-6,9-10,12,19H,7-8H2,1-2H3. The molecule has 1 aliphatic heterocycles. The summed E-state index contributed by atoms with van der Waals surface area (Å²) in [7, 11) is 0. The molecule has 0 bridgehead atoms. The molecule has 0 amide bonds. The molecule has 0 aromatic heterocycles. The van der Waals surface area contributed by atoms with E-state index in [-0.39, 0.29) is 6.04 Å². The minimum atomic E-state index is 0.159. The Bertz CT molecular complexity index is 657. The molecule has 1 aliphatic rings. The third kappa shape index (κ3) is 2.93. The van der Waals surface area contributed by atoms with Gasteiger partial charge in [0.05, 0.1) is 10.7 Å². The molecule has 3 rings (SSSR count). The number of fused-ring (bicyclic) bond motifs is 1. The Labute approximate surface area is 129 Å². The molecule has 2 aromatic rings. The van der Waals surface area contributed by atoms with E-state index in [1.807, 2.05) is 24.3 Å². The van der Waals surface area contributed by atoms with E-state index in [1.54, 1.807) is 0 Å². The predicted octanol–water partition coefficient (Wildman–Crippen LogP) is 4.59. The summed E-state index contributed by atoms with van der Waals surface area (Å²) in [5.74, 6) is 1.45. The number of hydrogen-bond acceptors (Lipinski definition) is 3. The van der Waals surface area contributed by atoms with Crippen molar-refractivity contribution in [2.45, 2.75) is 19.9 Å². The van der Waals surface area contributed by atoms with E-state index >= 15 is 0 Å². The fraction of sp³-hybridized carbons (Fsp3) is 0.294. The van der Waals surface area contributed by atoms with E-state index < -0.39 is 0 Å². The Balaban J connectivity index is 1.86. The number of anilines is 1. The lowest BCUT2D eigenvalue weighted by molar-refractivity contribution is 0.171. The van der Waals surface area contributed by atoms with Gasteiger partial charge in [-0.2, -0.15) is 0 Å². The maximum Gasteiger partial charge on any atom is 0.163 e. The zero-order chi connectivity index (χ0) is 14.8. The highest BCUT2D eigenvalue weighted by Gasteiger charge is 2.17. The van der Waals surface area contributed by atoms with Gasteiger partial charge in [-0.25, -0.2) is 0 Å². The summed E-state index contributed by atoms with van der Waals surface area (Å²) < 4.78 is 11.1. The second-order valence-corrected chi connectivity index (χ2v) is 5.61. The number of ether oxygens (including phenoxy) is 2. The minimum Gasteiger partial charge on any atom is -0.486 e. The third-order valence-electron chi connectivity index (χ3n) is 3.66. The van der Waals surface area contributed by atoms with Crippen LogP contribution >= 0.6 is 11.6 Å². The number of halogens is 1. The van der Waals surface area contributed by atoms with Gasteiger partial charge >= 0.3 is 0 Å². The van der Waals surface area contributed by atoms with Gasteiger partial charge in [-0.1, -0.05) is 35.9 Å². The highest BCUT2D eigenvalue weighted by Crippen LogP contribution is 2.39. The molecule has 2 aromatic carbocycles. The summed E-state index contributed by atoms with van der Waals surface area (Å²) in [6.07, 6.45) is 0. The van der Waals surface area contributed by atoms with E-state index in [0.29, 0.717) is 24.0 Å². The lowest BCUT2D eigenvalue weighted by atomic mass is 10.0. The van der Waals surface area contributed by atoms with Crippen LogP contribution in [0.25, 0.3) is 0 Å². The Hall–Kier alpha value is -1.87. The molecule has 0 aliphatic carbocycles. The second kappa shape index (κ2) is 5.86. The predicted molar refractivity (Wildman–Crippen MR) is 85.7 cm³/mol. The van der Waals surface area contributed by atoms with Gasteiger partial charge in [0.25, 0.3) is 0 Å². The van der Waals surface area contributed by atoms with Crippen LogP contribution in [-0.4, -0.2) is 13.2 Å². The van der Waals surface area contributed by atoms with Crippen LogP contribution in [0.5, 0.6) is 11.5 Å². The van der Waals surface area contributed by atoms with Crippen LogP contribution in [0, 0.1) is 6.92 Å². The van der Waals surface area contributed by atoms with Crippen LogP contribution in [-0.2, 0) is 0 Å². The average Bonchev–Trinajstić information content (AvgIpc) is 2.48. The van der Waals surface area contributed by atoms with Crippen molar-refractivity contribution in [3.63, 3.8) is 0 Å². The van der Waals surface area contributed by atoms with Crippen molar-refractivity contribution in [1.29, 1.82) is 0 Å². The molecule has 0 saturated carbocycles. The van der Waals surface area contributed by atoms with E-state index in [0.717, 1.165) is 11.4 Å². The van der Waals surface area contributed by atoms with Gasteiger partial charge in [-0.15, -0.1) is 0 Å². The SMILES string of the molecule is Cc1ccccc1C(C)Nc1cc2c(cc1Cl)OCCO2. The van der Waals surface area contributed by atoms with E-state index in [1.165, 1.54) is 11.1 Å². The van der Waals surface area contributed by atoms with Crippen molar-refractivity contribution in [2.75, 3.05) is 18.5 Å². The summed E-state index contributed by atoms with van der Waals surface area (Å²) in [5, 5.41) is 4.09. The molecule has 0 radical (unpaired) electrons. The van der Waals surface area contributed by atoms with Crippen LogP contribution in [0.2, 0.25) is 5.02 Å². The fourth-order valence-corrected chi connectivity index (χ4v) is 2.77. The van der Waals surface area contributed by atoms with Crippen molar-refractivity contribution in [3.05, 3.63) is 52.5 Å². The first-order chi connectivity index (χ1) is 10.1. The Morgan fingerprint density at radius 1 is 1.10 bits per heavy atom. The van der Waals surface area contributed by atoms with Crippen molar-refractivity contribution in [3.8, 4) is 11.5 Å². The first kappa shape index (κ1) is 14.1. The fourth-order valence-electron chi connectivity index (χ4n) is 2.56. The highest BCUT2D eigenvalue weighted by atomic mass is 35.5. The normalized spacial score (nSPS) is 14.6. The van der Waals surface area contributed by atoms with E-state index in [2.05, 4.69) is 31.3 Å². The van der Waals surface area contributed by atoms with Gasteiger partial charge in [0.1, 0.15) is 13.2 Å². The smallest absolute Gasteiger partial charge is 0.163 e. The number of nitrogens with one attached hydrogen (secondary N) is 1. The summed E-state index contributed by atoms with van der Waals surface area (Å²) in [4.78, 5) is 0. The molecular weight excluding hydrogens is 286 g/mol. The van der Waals surface area contributed by atoms with Gasteiger partial charge in [0.15, 0.2) is 11.5 Å². The van der Waals surface area contributed by atoms with Crippen LogP contribution < -0.4 is 14.8 Å². The number of rotatable bonds is 3. The number of hydrogen-bond donors (Lipinski definition) is 1. The highest BCUT2D eigenvalue weighted by molar-refractivity contribution is 6.33. The van der Waals surface area contributed by atoms with Crippen LogP contribution in [0.3, 0.4) is 0 Å². The molecule has 0 spiro atoms. The van der Waals surface area contributed by atoms with Gasteiger partial charge in [0, 0.05) is 18.2 Å². The van der Waals surface area contributed by atoms with Crippen molar-refractivity contribution >= 4 is 17.3 Å².